The summed E-state index contributed by atoms with van der Waals surface area (Å²) in [5, 5.41) is 2.57. The summed E-state index contributed by atoms with van der Waals surface area (Å²) in [4.78, 5) is 15.6. The van der Waals surface area contributed by atoms with Crippen LogP contribution in [-0.2, 0) is 11.2 Å². The van der Waals surface area contributed by atoms with Gasteiger partial charge in [0.2, 0.25) is 0 Å². The first-order valence-corrected chi connectivity index (χ1v) is 5.16. The van der Waals surface area contributed by atoms with Crippen LogP contribution in [0, 0.1) is 6.92 Å². The first-order chi connectivity index (χ1) is 7.40. The Morgan fingerprint density at radius 3 is 2.75 bits per heavy atom. The third kappa shape index (κ3) is 4.29. The van der Waals surface area contributed by atoms with Crippen LogP contribution in [0.4, 0.5) is 10.6 Å². The highest BCUT2D eigenvalue weighted by Gasteiger charge is 2.16. The van der Waals surface area contributed by atoms with Crippen molar-refractivity contribution >= 4 is 11.9 Å². The Morgan fingerprint density at radius 2 is 2.19 bits per heavy atom. The Balaban J connectivity index is 2.62. The van der Waals surface area contributed by atoms with Crippen molar-refractivity contribution in [2.75, 3.05) is 5.32 Å². The molecule has 0 bridgehead atoms. The average molecular weight is 221 g/mol. The molecular formula is C12H17N2O2. The van der Waals surface area contributed by atoms with E-state index in [-0.39, 0.29) is 0 Å². The lowest BCUT2D eigenvalue weighted by atomic mass is 10.2. The average Bonchev–Trinajstić information content (AvgIpc) is 2.15. The number of carbonyl (C=O) groups excluding carboxylic acids is 1. The third-order valence-electron chi connectivity index (χ3n) is 1.69. The second-order valence-electron chi connectivity index (χ2n) is 4.39. The van der Waals surface area contributed by atoms with Crippen LogP contribution in [0.15, 0.2) is 18.2 Å². The second-order valence-corrected chi connectivity index (χ2v) is 4.39. The zero-order valence-electron chi connectivity index (χ0n) is 9.91. The van der Waals surface area contributed by atoms with E-state index in [2.05, 4.69) is 17.2 Å². The van der Waals surface area contributed by atoms with Crippen molar-refractivity contribution in [3.8, 4) is 0 Å². The summed E-state index contributed by atoms with van der Waals surface area (Å²) in [5.74, 6) is 0.482. The highest BCUT2D eigenvalue weighted by molar-refractivity contribution is 5.83. The molecule has 4 heteroatoms. The fraction of sp³-hybridized carbons (Fsp3) is 0.417. The molecule has 0 atom stereocenters. The summed E-state index contributed by atoms with van der Waals surface area (Å²) in [6.07, 6.45) is 0.0883. The lowest BCUT2D eigenvalue weighted by molar-refractivity contribution is 0.0635. The number of ether oxygens (including phenoxy) is 1. The van der Waals surface area contributed by atoms with Gasteiger partial charge in [0.05, 0.1) is 0 Å². The molecule has 1 radical (unpaired) electrons. The molecule has 0 aliphatic carbocycles. The molecular weight excluding hydrogens is 204 g/mol. The van der Waals surface area contributed by atoms with Crippen molar-refractivity contribution in [1.29, 1.82) is 0 Å². The number of aromatic nitrogens is 1. The molecule has 1 amide bonds. The minimum Gasteiger partial charge on any atom is -0.444 e. The van der Waals surface area contributed by atoms with Gasteiger partial charge in [0.1, 0.15) is 11.4 Å². The summed E-state index contributed by atoms with van der Waals surface area (Å²) in [6, 6.07) is 5.39. The molecule has 0 unspecified atom stereocenters. The van der Waals surface area contributed by atoms with E-state index < -0.39 is 11.7 Å². The Kier molecular flexibility index (Phi) is 3.88. The molecule has 16 heavy (non-hydrogen) atoms. The molecule has 0 aromatic carbocycles. The number of hydrogen-bond acceptors (Lipinski definition) is 3. The highest BCUT2D eigenvalue weighted by atomic mass is 16.6. The van der Waals surface area contributed by atoms with E-state index in [1.165, 1.54) is 0 Å². The van der Waals surface area contributed by atoms with Crippen LogP contribution in [0.3, 0.4) is 0 Å². The zero-order chi connectivity index (χ0) is 12.2. The van der Waals surface area contributed by atoms with Gasteiger partial charge in [-0.2, -0.15) is 0 Å². The number of carbonyl (C=O) groups is 1. The quantitative estimate of drug-likeness (QED) is 0.835. The first kappa shape index (κ1) is 12.5. The molecule has 0 aliphatic rings. The van der Waals surface area contributed by atoms with Crippen LogP contribution >= 0.6 is 0 Å². The van der Waals surface area contributed by atoms with Crippen molar-refractivity contribution < 1.29 is 9.53 Å². The molecule has 1 aromatic rings. The maximum Gasteiger partial charge on any atom is 0.413 e. The van der Waals surface area contributed by atoms with Gasteiger partial charge in [0.25, 0.3) is 0 Å². The Hall–Kier alpha value is -1.58. The van der Waals surface area contributed by atoms with Gasteiger partial charge in [-0.25, -0.2) is 9.78 Å². The van der Waals surface area contributed by atoms with Crippen LogP contribution in [-0.4, -0.2) is 16.7 Å². The molecule has 0 saturated heterocycles. The van der Waals surface area contributed by atoms with Crippen molar-refractivity contribution in [1.82, 2.24) is 4.98 Å². The van der Waals surface area contributed by atoms with E-state index in [1.54, 1.807) is 6.07 Å². The normalized spacial score (nSPS) is 11.0. The minimum atomic E-state index is -0.506. The van der Waals surface area contributed by atoms with E-state index in [0.29, 0.717) is 12.2 Å². The summed E-state index contributed by atoms with van der Waals surface area (Å²) < 4.78 is 5.11. The number of amides is 1. The predicted molar refractivity (Wildman–Crippen MR) is 63.2 cm³/mol. The molecule has 1 rings (SSSR count). The Labute approximate surface area is 96.0 Å². The smallest absolute Gasteiger partial charge is 0.413 e. The highest BCUT2D eigenvalue weighted by Crippen LogP contribution is 2.10. The second kappa shape index (κ2) is 4.96. The lowest BCUT2D eigenvalue weighted by Crippen LogP contribution is -2.27. The number of anilines is 1. The standard InChI is InChI=1S/C12H17N2O2/c1-5-9-7-6-8-10(13-9)14-11(15)16-12(2,3)4/h6-8H,1,5H2,2-4H3,(H,13,14,15). The topological polar surface area (TPSA) is 51.2 Å². The molecule has 0 fully saturated rings. The Bertz CT molecular complexity index is 370. The number of pyridine rings is 1. The maximum absolute atomic E-state index is 11.4. The third-order valence-corrected chi connectivity index (χ3v) is 1.69. The van der Waals surface area contributed by atoms with E-state index in [4.69, 9.17) is 4.74 Å². The predicted octanol–water partition coefficient (Wildman–Crippen LogP) is 2.81. The summed E-state index contributed by atoms with van der Waals surface area (Å²) in [6.45, 7) is 9.16. The fourth-order valence-electron chi connectivity index (χ4n) is 1.10. The monoisotopic (exact) mass is 221 g/mol. The van der Waals surface area contributed by atoms with Crippen LogP contribution < -0.4 is 5.32 Å². The molecule has 0 saturated carbocycles. The van der Waals surface area contributed by atoms with Crippen LogP contribution in [0.25, 0.3) is 0 Å². The Morgan fingerprint density at radius 1 is 1.50 bits per heavy atom. The van der Waals surface area contributed by atoms with E-state index in [1.807, 2.05) is 32.9 Å². The van der Waals surface area contributed by atoms with Gasteiger partial charge in [-0.05, 0) is 46.2 Å². The van der Waals surface area contributed by atoms with Gasteiger partial charge >= 0.3 is 6.09 Å². The SMILES string of the molecule is [CH2]Cc1cccc(NC(=O)OC(C)(C)C)n1. The summed E-state index contributed by atoms with van der Waals surface area (Å²) in [5.41, 5.74) is 0.321. The molecule has 1 heterocycles. The van der Waals surface area contributed by atoms with Crippen molar-refractivity contribution in [3.63, 3.8) is 0 Å². The zero-order valence-corrected chi connectivity index (χ0v) is 9.91. The first-order valence-electron chi connectivity index (χ1n) is 5.16. The maximum atomic E-state index is 11.4. The van der Waals surface area contributed by atoms with Crippen molar-refractivity contribution in [3.05, 3.63) is 30.8 Å². The molecule has 87 valence electrons. The molecule has 1 N–H and O–H groups in total. The van der Waals surface area contributed by atoms with Gasteiger partial charge in [-0.1, -0.05) is 6.07 Å². The van der Waals surface area contributed by atoms with Gasteiger partial charge in [0, 0.05) is 5.69 Å². The van der Waals surface area contributed by atoms with E-state index in [0.717, 1.165) is 5.69 Å². The van der Waals surface area contributed by atoms with Gasteiger partial charge in [0.15, 0.2) is 0 Å². The van der Waals surface area contributed by atoms with Crippen LogP contribution in [0.5, 0.6) is 0 Å². The number of nitrogens with zero attached hydrogens (tertiary/aromatic N) is 1. The fourth-order valence-corrected chi connectivity index (χ4v) is 1.10. The molecule has 0 spiro atoms. The van der Waals surface area contributed by atoms with Crippen LogP contribution in [0.1, 0.15) is 26.5 Å². The summed E-state index contributed by atoms with van der Waals surface area (Å²) >= 11 is 0. The number of rotatable bonds is 2. The molecule has 0 aliphatic heterocycles. The summed E-state index contributed by atoms with van der Waals surface area (Å²) in [7, 11) is 0. The molecule has 1 aromatic heterocycles. The molecule has 4 nitrogen and oxygen atoms in total. The largest absolute Gasteiger partial charge is 0.444 e. The lowest BCUT2D eigenvalue weighted by Gasteiger charge is -2.19. The van der Waals surface area contributed by atoms with Crippen molar-refractivity contribution in [2.45, 2.75) is 32.8 Å². The van der Waals surface area contributed by atoms with Gasteiger partial charge in [-0.3, -0.25) is 5.32 Å². The van der Waals surface area contributed by atoms with E-state index in [9.17, 15) is 4.79 Å². The van der Waals surface area contributed by atoms with Crippen LogP contribution in [0.2, 0.25) is 0 Å². The van der Waals surface area contributed by atoms with Gasteiger partial charge in [-0.15, -0.1) is 0 Å². The van der Waals surface area contributed by atoms with E-state index >= 15 is 0 Å². The van der Waals surface area contributed by atoms with Crippen molar-refractivity contribution in [2.24, 2.45) is 0 Å². The number of hydrogen-bond donors (Lipinski definition) is 1. The minimum absolute atomic E-state index is 0.482. The number of nitrogens with one attached hydrogen (secondary N) is 1. The van der Waals surface area contributed by atoms with Gasteiger partial charge < -0.3 is 4.74 Å².